The summed E-state index contributed by atoms with van der Waals surface area (Å²) in [4.78, 5) is 32.8. The van der Waals surface area contributed by atoms with Crippen molar-refractivity contribution in [3.05, 3.63) is 58.1 Å². The van der Waals surface area contributed by atoms with Crippen LogP contribution in [0.1, 0.15) is 5.76 Å². The predicted molar refractivity (Wildman–Crippen MR) is 127 cm³/mol. The number of thiazole rings is 1. The average molecular weight is 494 g/mol. The minimum atomic E-state index is -0.306. The summed E-state index contributed by atoms with van der Waals surface area (Å²) in [6.07, 6.45) is 1.62. The number of anilines is 2. The lowest BCUT2D eigenvalue weighted by Crippen LogP contribution is -2.41. The number of nitrogens with one attached hydrogen (secondary N) is 1. The molecule has 0 saturated heterocycles. The standard InChI is InChI=1S/C21H21Cl2N5O3S/c1-4-7-28(21-24-17(12-32-21)14-5-6-15(22)16(23)9-14)20(30)11-27(3)10-19(29)25-18-8-13(2)31-26-18/h4-6,8-9,12H,1,7,10-11H2,2-3H3,(H,25,26,29). The Hall–Kier alpha value is -2.72. The minimum Gasteiger partial charge on any atom is -0.360 e. The van der Waals surface area contributed by atoms with Gasteiger partial charge in [0, 0.05) is 23.6 Å². The van der Waals surface area contributed by atoms with Gasteiger partial charge in [-0.15, -0.1) is 17.9 Å². The normalized spacial score (nSPS) is 10.9. The van der Waals surface area contributed by atoms with Crippen molar-refractivity contribution >= 4 is 57.3 Å². The Labute approximate surface area is 199 Å². The summed E-state index contributed by atoms with van der Waals surface area (Å²) in [5.74, 6) is 0.401. The number of hydrogen-bond acceptors (Lipinski definition) is 7. The number of amides is 2. The van der Waals surface area contributed by atoms with Gasteiger partial charge in [-0.3, -0.25) is 19.4 Å². The maximum absolute atomic E-state index is 12.9. The van der Waals surface area contributed by atoms with E-state index in [0.717, 1.165) is 5.56 Å². The van der Waals surface area contributed by atoms with Crippen molar-refractivity contribution in [3.8, 4) is 11.3 Å². The third kappa shape index (κ3) is 6.17. The van der Waals surface area contributed by atoms with Gasteiger partial charge in [0.1, 0.15) is 5.76 Å². The number of benzene rings is 1. The molecule has 0 atom stereocenters. The van der Waals surface area contributed by atoms with Crippen molar-refractivity contribution in [2.45, 2.75) is 6.92 Å². The number of rotatable bonds is 9. The summed E-state index contributed by atoms with van der Waals surface area (Å²) in [5, 5.41) is 9.60. The van der Waals surface area contributed by atoms with Crippen molar-refractivity contribution in [2.75, 3.05) is 36.9 Å². The Bertz CT molecular complexity index is 1130. The first-order valence-corrected chi connectivity index (χ1v) is 11.1. The molecule has 0 bridgehead atoms. The number of aryl methyl sites for hydroxylation is 1. The van der Waals surface area contributed by atoms with E-state index in [4.69, 9.17) is 27.7 Å². The summed E-state index contributed by atoms with van der Waals surface area (Å²) < 4.78 is 4.92. The van der Waals surface area contributed by atoms with Crippen LogP contribution < -0.4 is 10.2 Å². The molecule has 0 radical (unpaired) electrons. The highest BCUT2D eigenvalue weighted by atomic mass is 35.5. The van der Waals surface area contributed by atoms with E-state index >= 15 is 0 Å². The number of likely N-dealkylation sites (N-methyl/N-ethyl adjacent to an activating group) is 1. The SMILES string of the molecule is C=CCN(C(=O)CN(C)CC(=O)Nc1cc(C)on1)c1nc(-c2ccc(Cl)c(Cl)c2)cs1. The highest BCUT2D eigenvalue weighted by molar-refractivity contribution is 7.14. The van der Waals surface area contributed by atoms with E-state index in [0.29, 0.717) is 32.4 Å². The molecule has 2 aromatic heterocycles. The fraction of sp³-hybridized carbons (Fsp3) is 0.238. The summed E-state index contributed by atoms with van der Waals surface area (Å²) in [6.45, 7) is 5.76. The molecule has 0 saturated carbocycles. The van der Waals surface area contributed by atoms with Gasteiger partial charge < -0.3 is 9.84 Å². The Morgan fingerprint density at radius 3 is 2.69 bits per heavy atom. The van der Waals surface area contributed by atoms with Gasteiger partial charge in [0.15, 0.2) is 10.9 Å². The molecule has 0 spiro atoms. The first kappa shape index (κ1) is 23.9. The van der Waals surface area contributed by atoms with E-state index in [-0.39, 0.29) is 31.4 Å². The van der Waals surface area contributed by atoms with Crippen molar-refractivity contribution in [3.63, 3.8) is 0 Å². The van der Waals surface area contributed by atoms with Crippen LogP contribution >= 0.6 is 34.5 Å². The molecule has 1 N–H and O–H groups in total. The largest absolute Gasteiger partial charge is 0.360 e. The lowest BCUT2D eigenvalue weighted by atomic mass is 10.2. The zero-order chi connectivity index (χ0) is 23.3. The van der Waals surface area contributed by atoms with Crippen LogP contribution in [0.4, 0.5) is 10.9 Å². The van der Waals surface area contributed by atoms with Gasteiger partial charge in [-0.25, -0.2) is 4.98 Å². The lowest BCUT2D eigenvalue weighted by molar-refractivity contribution is -0.120. The summed E-state index contributed by atoms with van der Waals surface area (Å²) in [5.41, 5.74) is 1.48. The van der Waals surface area contributed by atoms with E-state index in [1.807, 2.05) is 11.4 Å². The van der Waals surface area contributed by atoms with Crippen LogP contribution in [-0.2, 0) is 9.59 Å². The molecule has 0 aliphatic heterocycles. The highest BCUT2D eigenvalue weighted by Gasteiger charge is 2.21. The van der Waals surface area contributed by atoms with Crippen molar-refractivity contribution < 1.29 is 14.1 Å². The van der Waals surface area contributed by atoms with Gasteiger partial charge in [-0.2, -0.15) is 0 Å². The second-order valence-electron chi connectivity index (χ2n) is 6.98. The van der Waals surface area contributed by atoms with Crippen LogP contribution in [0.2, 0.25) is 10.0 Å². The van der Waals surface area contributed by atoms with Crippen LogP contribution in [-0.4, -0.2) is 53.5 Å². The average Bonchev–Trinajstić information content (AvgIpc) is 3.37. The van der Waals surface area contributed by atoms with E-state index < -0.39 is 0 Å². The van der Waals surface area contributed by atoms with Gasteiger partial charge in [0.25, 0.3) is 0 Å². The number of nitrogens with zero attached hydrogens (tertiary/aromatic N) is 4. The van der Waals surface area contributed by atoms with Crippen LogP contribution in [0.3, 0.4) is 0 Å². The zero-order valence-corrected chi connectivity index (χ0v) is 19.8. The maximum Gasteiger partial charge on any atom is 0.243 e. The third-order valence-corrected chi connectivity index (χ3v) is 5.87. The maximum atomic E-state index is 12.9. The number of carbonyl (C=O) groups is 2. The van der Waals surface area contributed by atoms with E-state index in [1.54, 1.807) is 43.1 Å². The molecule has 2 amide bonds. The highest BCUT2D eigenvalue weighted by Crippen LogP contribution is 2.31. The molecule has 0 aliphatic carbocycles. The van der Waals surface area contributed by atoms with E-state index in [9.17, 15) is 9.59 Å². The van der Waals surface area contributed by atoms with Crippen molar-refractivity contribution in [1.82, 2.24) is 15.0 Å². The Kier molecular flexibility index (Phi) is 8.03. The molecule has 32 heavy (non-hydrogen) atoms. The molecular formula is C21H21Cl2N5O3S. The van der Waals surface area contributed by atoms with Crippen LogP contribution in [0.15, 0.2) is 46.8 Å². The molecule has 3 aromatic rings. The lowest BCUT2D eigenvalue weighted by Gasteiger charge is -2.22. The molecular weight excluding hydrogens is 473 g/mol. The van der Waals surface area contributed by atoms with Crippen LogP contribution in [0.5, 0.6) is 0 Å². The molecule has 1 aromatic carbocycles. The predicted octanol–water partition coefficient (Wildman–Crippen LogP) is 4.50. The molecule has 168 valence electrons. The summed E-state index contributed by atoms with van der Waals surface area (Å²) >= 11 is 13.4. The molecule has 11 heteroatoms. The molecule has 0 aliphatic rings. The van der Waals surface area contributed by atoms with Gasteiger partial charge >= 0.3 is 0 Å². The van der Waals surface area contributed by atoms with E-state index in [1.165, 1.54) is 16.2 Å². The first-order valence-electron chi connectivity index (χ1n) is 9.50. The molecule has 0 unspecified atom stereocenters. The topological polar surface area (TPSA) is 91.6 Å². The molecule has 0 fully saturated rings. The second-order valence-corrected chi connectivity index (χ2v) is 8.63. The molecule has 8 nitrogen and oxygen atoms in total. The van der Waals surface area contributed by atoms with Crippen molar-refractivity contribution in [2.24, 2.45) is 0 Å². The van der Waals surface area contributed by atoms with E-state index in [2.05, 4.69) is 22.0 Å². The second kappa shape index (κ2) is 10.7. The Balaban J connectivity index is 1.65. The van der Waals surface area contributed by atoms with Crippen LogP contribution in [0.25, 0.3) is 11.3 Å². The monoisotopic (exact) mass is 493 g/mol. The van der Waals surface area contributed by atoms with Gasteiger partial charge in [-0.1, -0.05) is 40.5 Å². The van der Waals surface area contributed by atoms with Gasteiger partial charge in [-0.05, 0) is 26.1 Å². The van der Waals surface area contributed by atoms with Gasteiger partial charge in [0.2, 0.25) is 11.8 Å². The third-order valence-electron chi connectivity index (χ3n) is 4.27. The smallest absolute Gasteiger partial charge is 0.243 e. The first-order chi connectivity index (χ1) is 15.3. The number of hydrogen-bond donors (Lipinski definition) is 1. The fourth-order valence-corrected chi connectivity index (χ4v) is 3.98. The minimum absolute atomic E-state index is 0.00592. The quantitative estimate of drug-likeness (QED) is 0.441. The van der Waals surface area contributed by atoms with Gasteiger partial charge in [0.05, 0.1) is 28.8 Å². The fourth-order valence-electron chi connectivity index (χ4n) is 2.82. The Morgan fingerprint density at radius 1 is 1.25 bits per heavy atom. The number of halogens is 2. The number of aromatic nitrogens is 2. The molecule has 3 rings (SSSR count). The zero-order valence-electron chi connectivity index (χ0n) is 17.5. The molecule has 2 heterocycles. The summed E-state index contributed by atoms with van der Waals surface area (Å²) in [7, 11) is 1.68. The number of carbonyl (C=O) groups excluding carboxylic acids is 2. The summed E-state index contributed by atoms with van der Waals surface area (Å²) in [6, 6.07) is 6.86. The Morgan fingerprint density at radius 2 is 2.03 bits per heavy atom. The van der Waals surface area contributed by atoms with Crippen molar-refractivity contribution in [1.29, 1.82) is 0 Å². The van der Waals surface area contributed by atoms with Crippen LogP contribution in [0, 0.1) is 6.92 Å².